The van der Waals surface area contributed by atoms with E-state index in [1.54, 1.807) is 0 Å². The van der Waals surface area contributed by atoms with Crippen LogP contribution in [0.1, 0.15) is 38.7 Å². The van der Waals surface area contributed by atoms with Gasteiger partial charge in [0.05, 0.1) is 0 Å². The molecule has 0 amide bonds. The maximum atomic E-state index is 5.95. The van der Waals surface area contributed by atoms with Crippen molar-refractivity contribution in [2.24, 2.45) is 5.41 Å². The van der Waals surface area contributed by atoms with Crippen molar-refractivity contribution < 1.29 is 0 Å². The second-order valence-corrected chi connectivity index (χ2v) is 5.90. The molecule has 2 N–H and O–H groups in total. The minimum Gasteiger partial charge on any atom is -0.398 e. The van der Waals surface area contributed by atoms with Gasteiger partial charge in [-0.2, -0.15) is 0 Å². The van der Waals surface area contributed by atoms with Crippen molar-refractivity contribution in [2.75, 3.05) is 23.7 Å². The minimum atomic E-state index is 0.463. The van der Waals surface area contributed by atoms with E-state index >= 15 is 0 Å². The monoisotopic (exact) mass is 233 g/mol. The molecule has 1 aliphatic heterocycles. The van der Waals surface area contributed by atoms with Gasteiger partial charge < -0.3 is 10.6 Å². The fourth-order valence-corrected chi connectivity index (χ4v) is 2.35. The van der Waals surface area contributed by atoms with Crippen LogP contribution in [0.25, 0.3) is 0 Å². The van der Waals surface area contributed by atoms with Gasteiger partial charge in [-0.1, -0.05) is 13.8 Å². The number of nitrogens with two attached hydrogens (primary N) is 1. The van der Waals surface area contributed by atoms with E-state index in [1.807, 2.05) is 19.2 Å². The molecule has 0 radical (unpaired) electrons. The van der Waals surface area contributed by atoms with Gasteiger partial charge >= 0.3 is 0 Å². The Kier molecular flexibility index (Phi) is 3.27. The van der Waals surface area contributed by atoms with Crippen LogP contribution in [0, 0.1) is 12.3 Å². The average molecular weight is 233 g/mol. The number of nitrogen functional groups attached to an aromatic ring is 1. The van der Waals surface area contributed by atoms with Gasteiger partial charge in [0, 0.05) is 31.0 Å². The van der Waals surface area contributed by atoms with Gasteiger partial charge in [0.25, 0.3) is 0 Å². The van der Waals surface area contributed by atoms with Gasteiger partial charge in [0.2, 0.25) is 0 Å². The summed E-state index contributed by atoms with van der Waals surface area (Å²) in [7, 11) is 0. The Labute approximate surface area is 104 Å². The van der Waals surface area contributed by atoms with E-state index < -0.39 is 0 Å². The molecule has 3 heteroatoms. The highest BCUT2D eigenvalue weighted by Crippen LogP contribution is 2.31. The van der Waals surface area contributed by atoms with Crippen LogP contribution in [0.2, 0.25) is 0 Å². The second-order valence-electron chi connectivity index (χ2n) is 5.90. The molecule has 1 fully saturated rings. The summed E-state index contributed by atoms with van der Waals surface area (Å²) in [5.74, 6) is 1.03. The molecule has 1 aliphatic rings. The quantitative estimate of drug-likeness (QED) is 0.811. The van der Waals surface area contributed by atoms with Crippen LogP contribution in [0.3, 0.4) is 0 Å². The molecule has 1 aromatic heterocycles. The maximum Gasteiger partial charge on any atom is 0.130 e. The lowest BCUT2D eigenvalue weighted by molar-refractivity contribution is 0.325. The first kappa shape index (κ1) is 12.2. The summed E-state index contributed by atoms with van der Waals surface area (Å²) in [4.78, 5) is 6.86. The molecule has 2 heterocycles. The van der Waals surface area contributed by atoms with Crippen molar-refractivity contribution in [1.29, 1.82) is 0 Å². The highest BCUT2D eigenvalue weighted by Gasteiger charge is 2.23. The summed E-state index contributed by atoms with van der Waals surface area (Å²) in [6, 6.07) is 2.01. The molecule has 0 atom stereocenters. The van der Waals surface area contributed by atoms with Crippen LogP contribution >= 0.6 is 0 Å². The minimum absolute atomic E-state index is 0.463. The first-order chi connectivity index (χ1) is 7.98. The Bertz CT molecular complexity index is 398. The van der Waals surface area contributed by atoms with Gasteiger partial charge in [-0.3, -0.25) is 0 Å². The molecule has 0 saturated carbocycles. The third kappa shape index (κ3) is 2.90. The first-order valence-corrected chi connectivity index (χ1v) is 6.45. The molecule has 0 spiro atoms. The summed E-state index contributed by atoms with van der Waals surface area (Å²) >= 11 is 0. The zero-order chi connectivity index (χ0) is 12.5. The summed E-state index contributed by atoms with van der Waals surface area (Å²) in [5.41, 5.74) is 8.32. The summed E-state index contributed by atoms with van der Waals surface area (Å²) in [5, 5.41) is 0. The molecule has 0 aromatic carbocycles. The molecule has 1 aromatic rings. The SMILES string of the molecule is Cc1cnc(N2CCCC(C)(C)CC2)cc1N. The van der Waals surface area contributed by atoms with Gasteiger partial charge in [-0.05, 0) is 37.2 Å². The normalized spacial score (nSPS) is 20.1. The van der Waals surface area contributed by atoms with Crippen LogP contribution in [0.5, 0.6) is 0 Å². The van der Waals surface area contributed by atoms with Gasteiger partial charge in [-0.25, -0.2) is 4.98 Å². The lowest BCUT2D eigenvalue weighted by atomic mass is 9.85. The molecule has 17 heavy (non-hydrogen) atoms. The van der Waals surface area contributed by atoms with Gasteiger partial charge in [0.15, 0.2) is 0 Å². The van der Waals surface area contributed by atoms with E-state index in [1.165, 1.54) is 19.3 Å². The zero-order valence-electron chi connectivity index (χ0n) is 11.2. The second kappa shape index (κ2) is 4.55. The third-order valence-corrected chi connectivity index (χ3v) is 3.79. The lowest BCUT2D eigenvalue weighted by Gasteiger charge is -2.24. The third-order valence-electron chi connectivity index (χ3n) is 3.79. The largest absolute Gasteiger partial charge is 0.398 e. The number of pyridine rings is 1. The van der Waals surface area contributed by atoms with E-state index in [-0.39, 0.29) is 0 Å². The average Bonchev–Trinajstić information content (AvgIpc) is 2.44. The Hall–Kier alpha value is -1.25. The first-order valence-electron chi connectivity index (χ1n) is 6.45. The van der Waals surface area contributed by atoms with E-state index in [9.17, 15) is 0 Å². The number of rotatable bonds is 1. The van der Waals surface area contributed by atoms with Crippen molar-refractivity contribution >= 4 is 11.5 Å². The molecule has 2 rings (SSSR count). The van der Waals surface area contributed by atoms with Gasteiger partial charge in [-0.15, -0.1) is 0 Å². The smallest absolute Gasteiger partial charge is 0.130 e. The predicted octanol–water partition coefficient (Wildman–Crippen LogP) is 2.99. The zero-order valence-corrected chi connectivity index (χ0v) is 11.2. The molecule has 1 saturated heterocycles. The van der Waals surface area contributed by atoms with Crippen molar-refractivity contribution in [1.82, 2.24) is 4.98 Å². The van der Waals surface area contributed by atoms with Crippen LogP contribution in [-0.4, -0.2) is 18.1 Å². The molecule has 0 unspecified atom stereocenters. The van der Waals surface area contributed by atoms with E-state index in [4.69, 9.17) is 5.73 Å². The Balaban J connectivity index is 2.14. The maximum absolute atomic E-state index is 5.95. The number of aromatic nitrogens is 1. The summed E-state index contributed by atoms with van der Waals surface area (Å²) < 4.78 is 0. The predicted molar refractivity (Wildman–Crippen MR) is 73.2 cm³/mol. The number of hydrogen-bond acceptors (Lipinski definition) is 3. The van der Waals surface area contributed by atoms with E-state index in [0.717, 1.165) is 30.2 Å². The molecule has 0 bridgehead atoms. The Morgan fingerprint density at radius 2 is 2.06 bits per heavy atom. The Morgan fingerprint density at radius 1 is 1.29 bits per heavy atom. The van der Waals surface area contributed by atoms with Crippen LogP contribution in [0.4, 0.5) is 11.5 Å². The van der Waals surface area contributed by atoms with Crippen LogP contribution in [0.15, 0.2) is 12.3 Å². The Morgan fingerprint density at radius 3 is 2.76 bits per heavy atom. The molecule has 3 nitrogen and oxygen atoms in total. The van der Waals surface area contributed by atoms with E-state index in [2.05, 4.69) is 23.7 Å². The fourth-order valence-electron chi connectivity index (χ4n) is 2.35. The number of anilines is 2. The molecule has 0 aliphatic carbocycles. The number of hydrogen-bond donors (Lipinski definition) is 1. The van der Waals surface area contributed by atoms with E-state index in [0.29, 0.717) is 5.41 Å². The molecule has 94 valence electrons. The summed E-state index contributed by atoms with van der Waals surface area (Å²) in [6.45, 7) is 8.89. The highest BCUT2D eigenvalue weighted by molar-refractivity contribution is 5.54. The topological polar surface area (TPSA) is 42.2 Å². The lowest BCUT2D eigenvalue weighted by Crippen LogP contribution is -2.26. The molecular formula is C14H23N3. The van der Waals surface area contributed by atoms with Crippen molar-refractivity contribution in [3.05, 3.63) is 17.8 Å². The van der Waals surface area contributed by atoms with Crippen molar-refractivity contribution in [3.63, 3.8) is 0 Å². The highest BCUT2D eigenvalue weighted by atomic mass is 15.2. The van der Waals surface area contributed by atoms with Crippen LogP contribution in [-0.2, 0) is 0 Å². The van der Waals surface area contributed by atoms with Crippen molar-refractivity contribution in [3.8, 4) is 0 Å². The van der Waals surface area contributed by atoms with Crippen LogP contribution < -0.4 is 10.6 Å². The number of aryl methyl sites for hydroxylation is 1. The molecular weight excluding hydrogens is 210 g/mol. The number of nitrogens with zero attached hydrogens (tertiary/aromatic N) is 2. The van der Waals surface area contributed by atoms with Gasteiger partial charge in [0.1, 0.15) is 5.82 Å². The van der Waals surface area contributed by atoms with Crippen molar-refractivity contribution in [2.45, 2.75) is 40.0 Å². The standard InChI is InChI=1S/C14H23N3/c1-11-10-16-13(9-12(11)15)17-7-4-5-14(2,3)6-8-17/h9-10H,4-8H2,1-3H3,(H2,15,16). The fraction of sp³-hybridized carbons (Fsp3) is 0.643. The summed E-state index contributed by atoms with van der Waals surface area (Å²) in [6.07, 6.45) is 5.64.